The second kappa shape index (κ2) is 10.0. The van der Waals surface area contributed by atoms with E-state index in [1.54, 1.807) is 30.3 Å². The number of carbonyl (C=O) groups is 1. The maximum atomic E-state index is 13.6. The first kappa shape index (κ1) is 23.9. The highest BCUT2D eigenvalue weighted by Gasteiger charge is 2.24. The zero-order valence-electron chi connectivity index (χ0n) is 19.9. The highest BCUT2D eigenvalue weighted by atomic mass is 35.5. The largest absolute Gasteiger partial charge is 0.508 e. The van der Waals surface area contributed by atoms with Crippen LogP contribution in [0, 0.1) is 12.8 Å². The lowest BCUT2D eigenvalue weighted by atomic mass is 10.0. The van der Waals surface area contributed by atoms with E-state index in [0.717, 1.165) is 34.5 Å². The van der Waals surface area contributed by atoms with Crippen LogP contribution in [0.25, 0.3) is 10.1 Å². The first-order chi connectivity index (χ1) is 16.9. The Morgan fingerprint density at radius 2 is 1.94 bits per heavy atom. The number of ketones is 1. The molecule has 1 aliphatic heterocycles. The van der Waals surface area contributed by atoms with Gasteiger partial charge in [-0.15, -0.1) is 11.3 Å². The number of benzene rings is 3. The molecule has 0 spiro atoms. The topological polar surface area (TPSA) is 49.8 Å². The summed E-state index contributed by atoms with van der Waals surface area (Å²) in [5, 5.41) is 11.3. The average molecular weight is 506 g/mol. The predicted molar refractivity (Wildman–Crippen MR) is 144 cm³/mol. The van der Waals surface area contributed by atoms with Gasteiger partial charge in [0, 0.05) is 33.8 Å². The van der Waals surface area contributed by atoms with E-state index in [0.29, 0.717) is 27.0 Å². The van der Waals surface area contributed by atoms with Gasteiger partial charge in [0.1, 0.15) is 16.4 Å². The molecule has 2 heterocycles. The summed E-state index contributed by atoms with van der Waals surface area (Å²) in [4.78, 5) is 16.6. The number of nitrogens with zero attached hydrogens (tertiary/aromatic N) is 1. The number of thiophene rings is 1. The lowest BCUT2D eigenvalue weighted by Crippen LogP contribution is -2.22. The summed E-state index contributed by atoms with van der Waals surface area (Å²) in [6.07, 6.45) is 2.29. The minimum Gasteiger partial charge on any atom is -0.508 e. The normalized spacial score (nSPS) is 16.1. The smallest absolute Gasteiger partial charge is 0.207 e. The number of hydrogen-bond donors (Lipinski definition) is 1. The summed E-state index contributed by atoms with van der Waals surface area (Å²) in [6, 6.07) is 18.5. The molecule has 4 aromatic rings. The molecule has 0 bridgehead atoms. The number of aromatic hydroxyl groups is 1. The van der Waals surface area contributed by atoms with Crippen molar-refractivity contribution in [2.24, 2.45) is 5.92 Å². The number of phenols is 1. The minimum absolute atomic E-state index is 0.142. The fourth-order valence-corrected chi connectivity index (χ4v) is 5.92. The third-order valence-corrected chi connectivity index (χ3v) is 8.01. The van der Waals surface area contributed by atoms with Crippen molar-refractivity contribution >= 4 is 38.8 Å². The van der Waals surface area contributed by atoms with Gasteiger partial charge >= 0.3 is 0 Å². The maximum absolute atomic E-state index is 13.6. The molecule has 0 saturated carbocycles. The van der Waals surface area contributed by atoms with Gasteiger partial charge in [-0.1, -0.05) is 36.7 Å². The number of fused-ring (bicyclic) bond motifs is 1. The van der Waals surface area contributed by atoms with Crippen LogP contribution < -0.4 is 4.74 Å². The lowest BCUT2D eigenvalue weighted by Gasteiger charge is -2.15. The van der Waals surface area contributed by atoms with Crippen LogP contribution in [0.15, 0.2) is 60.7 Å². The standard InChI is InChI=1S/C29H28ClNO3S/c1-18-11-13-31(17-18)14-12-20-4-8-23(9-5-20)34-28-24-10-7-22(32)16-26(24)35-29(28)27(33)25-15-21(30)6-3-19(25)2/h3-10,15-16,18,32H,11-14,17H2,1-2H3/t18-/m0/s1. The predicted octanol–water partition coefficient (Wildman–Crippen LogP) is 7.48. The van der Waals surface area contributed by atoms with E-state index in [1.807, 2.05) is 25.1 Å². The van der Waals surface area contributed by atoms with Gasteiger partial charge in [-0.2, -0.15) is 0 Å². The summed E-state index contributed by atoms with van der Waals surface area (Å²) >= 11 is 7.51. The second-order valence-corrected chi connectivity index (χ2v) is 10.9. The first-order valence-corrected chi connectivity index (χ1v) is 13.1. The van der Waals surface area contributed by atoms with Crippen LogP contribution in [0.4, 0.5) is 0 Å². The van der Waals surface area contributed by atoms with Crippen molar-refractivity contribution in [3.8, 4) is 17.2 Å². The summed E-state index contributed by atoms with van der Waals surface area (Å²) in [6.45, 7) is 7.65. The van der Waals surface area contributed by atoms with Crippen LogP contribution >= 0.6 is 22.9 Å². The molecule has 1 aliphatic rings. The molecule has 0 radical (unpaired) electrons. The van der Waals surface area contributed by atoms with Crippen LogP contribution in [0.1, 0.15) is 39.7 Å². The molecule has 0 aliphatic carbocycles. The van der Waals surface area contributed by atoms with E-state index in [2.05, 4.69) is 24.0 Å². The van der Waals surface area contributed by atoms with Crippen LogP contribution in [0.3, 0.4) is 0 Å². The van der Waals surface area contributed by atoms with E-state index >= 15 is 0 Å². The highest BCUT2D eigenvalue weighted by molar-refractivity contribution is 7.21. The maximum Gasteiger partial charge on any atom is 0.207 e. The van der Waals surface area contributed by atoms with Crippen LogP contribution in [-0.2, 0) is 6.42 Å². The van der Waals surface area contributed by atoms with Crippen molar-refractivity contribution in [3.63, 3.8) is 0 Å². The van der Waals surface area contributed by atoms with Gasteiger partial charge in [0.05, 0.1) is 0 Å². The fraction of sp³-hybridized carbons (Fsp3) is 0.276. The Morgan fingerprint density at radius 3 is 2.69 bits per heavy atom. The molecule has 1 saturated heterocycles. The second-order valence-electron chi connectivity index (χ2n) is 9.42. The third kappa shape index (κ3) is 5.22. The summed E-state index contributed by atoms with van der Waals surface area (Å²) in [5.74, 6) is 1.99. The van der Waals surface area contributed by atoms with Crippen molar-refractivity contribution in [2.75, 3.05) is 19.6 Å². The van der Waals surface area contributed by atoms with Gasteiger partial charge in [0.2, 0.25) is 5.78 Å². The number of likely N-dealkylation sites (tertiary alicyclic amines) is 1. The minimum atomic E-state index is -0.142. The average Bonchev–Trinajstić information content (AvgIpc) is 3.42. The molecule has 0 unspecified atom stereocenters. The summed E-state index contributed by atoms with van der Waals surface area (Å²) in [7, 11) is 0. The van der Waals surface area contributed by atoms with Crippen molar-refractivity contribution in [1.29, 1.82) is 0 Å². The molecule has 4 nitrogen and oxygen atoms in total. The van der Waals surface area contributed by atoms with Gasteiger partial charge in [0.25, 0.3) is 0 Å². The molecule has 5 rings (SSSR count). The molecule has 180 valence electrons. The van der Waals surface area contributed by atoms with Gasteiger partial charge in [-0.05, 0) is 85.8 Å². The van der Waals surface area contributed by atoms with Gasteiger partial charge in [-0.3, -0.25) is 4.79 Å². The Bertz CT molecular complexity index is 1380. The van der Waals surface area contributed by atoms with E-state index < -0.39 is 0 Å². The third-order valence-electron chi connectivity index (χ3n) is 6.65. The van der Waals surface area contributed by atoms with E-state index in [9.17, 15) is 9.90 Å². The first-order valence-electron chi connectivity index (χ1n) is 11.9. The van der Waals surface area contributed by atoms with E-state index in [-0.39, 0.29) is 11.5 Å². The van der Waals surface area contributed by atoms with Crippen LogP contribution in [0.5, 0.6) is 17.2 Å². The Balaban J connectivity index is 1.42. The SMILES string of the molecule is Cc1ccc(Cl)cc1C(=O)c1sc2cc(O)ccc2c1Oc1ccc(CCN2CC[C@H](C)C2)cc1. The molecule has 1 aromatic heterocycles. The number of halogens is 1. The molecule has 6 heteroatoms. The molecular formula is C29H28ClNO3S. The van der Waals surface area contributed by atoms with E-state index in [1.165, 1.54) is 36.4 Å². The van der Waals surface area contributed by atoms with Gasteiger partial charge in [0.15, 0.2) is 5.75 Å². The monoisotopic (exact) mass is 505 g/mol. The number of rotatable bonds is 7. The number of phenolic OH excluding ortho intramolecular Hbond substituents is 1. The Labute approximate surface area is 214 Å². The Morgan fingerprint density at radius 1 is 1.14 bits per heavy atom. The van der Waals surface area contributed by atoms with Crippen molar-refractivity contribution in [3.05, 3.63) is 87.3 Å². The molecule has 3 aromatic carbocycles. The number of carbonyl (C=O) groups excluding carboxylic acids is 1. The summed E-state index contributed by atoms with van der Waals surface area (Å²) in [5.41, 5.74) is 2.66. The quantitative estimate of drug-likeness (QED) is 0.264. The van der Waals surface area contributed by atoms with Gasteiger partial charge < -0.3 is 14.7 Å². The van der Waals surface area contributed by atoms with Crippen LogP contribution in [0.2, 0.25) is 5.02 Å². The Hall–Kier alpha value is -2.86. The lowest BCUT2D eigenvalue weighted by molar-refractivity contribution is 0.104. The number of hydrogen-bond acceptors (Lipinski definition) is 5. The fourth-order valence-electron chi connectivity index (χ4n) is 4.63. The van der Waals surface area contributed by atoms with Crippen molar-refractivity contribution < 1.29 is 14.6 Å². The molecule has 1 atom stereocenters. The molecule has 1 fully saturated rings. The molecular weight excluding hydrogens is 478 g/mol. The van der Waals surface area contributed by atoms with Crippen molar-refractivity contribution in [2.45, 2.75) is 26.7 Å². The molecule has 1 N–H and O–H groups in total. The van der Waals surface area contributed by atoms with Crippen LogP contribution in [-0.4, -0.2) is 35.4 Å². The number of aryl methyl sites for hydroxylation is 1. The van der Waals surface area contributed by atoms with Gasteiger partial charge in [-0.25, -0.2) is 0 Å². The Kier molecular flexibility index (Phi) is 6.83. The van der Waals surface area contributed by atoms with Crippen molar-refractivity contribution in [1.82, 2.24) is 4.90 Å². The summed E-state index contributed by atoms with van der Waals surface area (Å²) < 4.78 is 7.12. The molecule has 0 amide bonds. The zero-order chi connectivity index (χ0) is 24.5. The zero-order valence-corrected chi connectivity index (χ0v) is 21.5. The highest BCUT2D eigenvalue weighted by Crippen LogP contribution is 2.43. The number of ether oxygens (including phenoxy) is 1. The molecule has 35 heavy (non-hydrogen) atoms. The van der Waals surface area contributed by atoms with E-state index in [4.69, 9.17) is 16.3 Å².